The van der Waals surface area contributed by atoms with E-state index < -0.39 is 0 Å². The van der Waals surface area contributed by atoms with E-state index in [2.05, 4.69) is 6.07 Å². The predicted octanol–water partition coefficient (Wildman–Crippen LogP) is 5.99. The van der Waals surface area contributed by atoms with Crippen LogP contribution >= 0.6 is 11.6 Å². The maximum absolute atomic E-state index is 9.52. The lowest BCUT2D eigenvalue weighted by Crippen LogP contribution is -1.95. The first kappa shape index (κ1) is 18.6. The minimum Gasteiger partial charge on any atom is -0.497 e. The quantitative estimate of drug-likeness (QED) is 0.392. The van der Waals surface area contributed by atoms with Crippen molar-refractivity contribution in [3.8, 4) is 17.6 Å². The first-order valence-electron chi connectivity index (χ1n) is 8.41. The summed E-state index contributed by atoms with van der Waals surface area (Å²) in [5.41, 5.74) is 3.35. The van der Waals surface area contributed by atoms with Gasteiger partial charge in [0.2, 0.25) is 0 Å². The predicted molar refractivity (Wildman–Crippen MR) is 109 cm³/mol. The molecule has 3 rings (SSSR count). The third-order valence-corrected chi connectivity index (χ3v) is 4.26. The standard InChI is InChI=1S/C23H18ClNO2/c1-26-22-11-7-19(8-12-22)20(15-25)13-18-3-2-4-23(14-18)27-16-17-5-9-21(24)10-6-17/h2-14H,16H2,1H3/b20-13+. The van der Waals surface area contributed by atoms with Crippen LogP contribution in [0.3, 0.4) is 0 Å². The number of ether oxygens (including phenoxy) is 2. The second kappa shape index (κ2) is 8.93. The molecular formula is C23H18ClNO2. The molecule has 0 N–H and O–H groups in total. The highest BCUT2D eigenvalue weighted by atomic mass is 35.5. The highest BCUT2D eigenvalue weighted by Crippen LogP contribution is 2.23. The summed E-state index contributed by atoms with van der Waals surface area (Å²) in [5, 5.41) is 10.2. The summed E-state index contributed by atoms with van der Waals surface area (Å²) in [4.78, 5) is 0. The van der Waals surface area contributed by atoms with Gasteiger partial charge in [-0.1, -0.05) is 35.9 Å². The fraction of sp³-hybridized carbons (Fsp3) is 0.0870. The number of halogens is 1. The van der Waals surface area contributed by atoms with Crippen molar-refractivity contribution in [2.75, 3.05) is 7.11 Å². The monoisotopic (exact) mass is 375 g/mol. The van der Waals surface area contributed by atoms with Crippen molar-refractivity contribution in [3.63, 3.8) is 0 Å². The average molecular weight is 376 g/mol. The van der Waals surface area contributed by atoms with Crippen LogP contribution in [0.4, 0.5) is 0 Å². The van der Waals surface area contributed by atoms with Crippen LogP contribution in [0, 0.1) is 11.3 Å². The zero-order chi connectivity index (χ0) is 19.1. The summed E-state index contributed by atoms with van der Waals surface area (Å²) in [6.07, 6.45) is 1.84. The van der Waals surface area contributed by atoms with E-state index in [1.165, 1.54) is 0 Å². The van der Waals surface area contributed by atoms with Crippen LogP contribution in [0.15, 0.2) is 72.8 Å². The highest BCUT2D eigenvalue weighted by Gasteiger charge is 2.03. The molecule has 3 aromatic carbocycles. The van der Waals surface area contributed by atoms with Gasteiger partial charge in [0.1, 0.15) is 18.1 Å². The lowest BCUT2D eigenvalue weighted by atomic mass is 10.0. The van der Waals surface area contributed by atoms with Gasteiger partial charge in [-0.05, 0) is 71.3 Å². The highest BCUT2D eigenvalue weighted by molar-refractivity contribution is 6.30. The summed E-state index contributed by atoms with van der Waals surface area (Å²) in [6, 6.07) is 24.9. The topological polar surface area (TPSA) is 42.2 Å². The van der Waals surface area contributed by atoms with Gasteiger partial charge in [0.05, 0.1) is 18.8 Å². The van der Waals surface area contributed by atoms with E-state index in [0.29, 0.717) is 17.2 Å². The summed E-state index contributed by atoms with van der Waals surface area (Å²) in [6.45, 7) is 0.452. The zero-order valence-corrected chi connectivity index (χ0v) is 15.6. The first-order chi connectivity index (χ1) is 13.2. The Morgan fingerprint density at radius 1 is 1.00 bits per heavy atom. The minimum absolute atomic E-state index is 0.452. The molecule has 3 aromatic rings. The van der Waals surface area contributed by atoms with E-state index in [9.17, 15) is 5.26 Å². The molecule has 0 spiro atoms. The van der Waals surface area contributed by atoms with Crippen LogP contribution < -0.4 is 9.47 Å². The van der Waals surface area contributed by atoms with Gasteiger partial charge >= 0.3 is 0 Å². The van der Waals surface area contributed by atoms with E-state index in [0.717, 1.165) is 28.2 Å². The molecule has 27 heavy (non-hydrogen) atoms. The molecule has 0 aromatic heterocycles. The van der Waals surface area contributed by atoms with Crippen LogP contribution in [-0.2, 0) is 6.61 Å². The van der Waals surface area contributed by atoms with Crippen LogP contribution in [0.5, 0.6) is 11.5 Å². The van der Waals surface area contributed by atoms with Gasteiger partial charge in [0.25, 0.3) is 0 Å². The second-order valence-electron chi connectivity index (χ2n) is 5.89. The number of benzene rings is 3. The third kappa shape index (κ3) is 5.13. The van der Waals surface area contributed by atoms with Crippen LogP contribution in [0.1, 0.15) is 16.7 Å². The number of methoxy groups -OCH3 is 1. The van der Waals surface area contributed by atoms with Gasteiger partial charge in [0, 0.05) is 5.02 Å². The van der Waals surface area contributed by atoms with Crippen molar-refractivity contribution in [3.05, 3.63) is 94.5 Å². The second-order valence-corrected chi connectivity index (χ2v) is 6.32. The molecule has 0 amide bonds. The van der Waals surface area contributed by atoms with Crippen LogP contribution in [0.25, 0.3) is 11.6 Å². The Labute approximate surface area is 164 Å². The molecule has 0 saturated carbocycles. The molecule has 0 fully saturated rings. The zero-order valence-electron chi connectivity index (χ0n) is 14.9. The number of nitrogens with zero attached hydrogens (tertiary/aromatic N) is 1. The smallest absolute Gasteiger partial charge is 0.120 e. The van der Waals surface area contributed by atoms with E-state index in [1.807, 2.05) is 78.9 Å². The Morgan fingerprint density at radius 3 is 2.41 bits per heavy atom. The maximum atomic E-state index is 9.52. The Kier molecular flexibility index (Phi) is 6.14. The van der Waals surface area contributed by atoms with Crippen molar-refractivity contribution in [1.29, 1.82) is 5.26 Å². The molecule has 134 valence electrons. The first-order valence-corrected chi connectivity index (χ1v) is 8.79. The number of nitriles is 1. The molecule has 4 heteroatoms. The fourth-order valence-electron chi connectivity index (χ4n) is 2.56. The largest absolute Gasteiger partial charge is 0.497 e. The number of allylic oxidation sites excluding steroid dienone is 1. The molecule has 0 atom stereocenters. The Morgan fingerprint density at radius 2 is 1.74 bits per heavy atom. The number of hydrogen-bond acceptors (Lipinski definition) is 3. The van der Waals surface area contributed by atoms with Crippen molar-refractivity contribution < 1.29 is 9.47 Å². The van der Waals surface area contributed by atoms with Gasteiger partial charge in [-0.2, -0.15) is 5.26 Å². The molecular weight excluding hydrogens is 358 g/mol. The molecule has 3 nitrogen and oxygen atoms in total. The molecule has 0 aliphatic heterocycles. The van der Waals surface area contributed by atoms with E-state index >= 15 is 0 Å². The van der Waals surface area contributed by atoms with Gasteiger partial charge in [-0.3, -0.25) is 0 Å². The van der Waals surface area contributed by atoms with Gasteiger partial charge in [-0.15, -0.1) is 0 Å². The van der Waals surface area contributed by atoms with Crippen molar-refractivity contribution in [2.45, 2.75) is 6.61 Å². The van der Waals surface area contributed by atoms with Gasteiger partial charge in [0.15, 0.2) is 0 Å². The van der Waals surface area contributed by atoms with Crippen LogP contribution in [0.2, 0.25) is 5.02 Å². The lowest BCUT2D eigenvalue weighted by molar-refractivity contribution is 0.306. The SMILES string of the molecule is COc1ccc(/C(C#N)=C/c2cccc(OCc3ccc(Cl)cc3)c2)cc1. The molecule has 0 saturated heterocycles. The molecule has 0 aliphatic carbocycles. The Bertz CT molecular complexity index is 971. The normalized spacial score (nSPS) is 10.9. The van der Waals surface area contributed by atoms with Crippen molar-refractivity contribution in [2.24, 2.45) is 0 Å². The lowest BCUT2D eigenvalue weighted by Gasteiger charge is -2.08. The number of rotatable bonds is 6. The molecule has 0 aliphatic rings. The van der Waals surface area contributed by atoms with Crippen molar-refractivity contribution >= 4 is 23.3 Å². The van der Waals surface area contributed by atoms with Gasteiger partial charge in [-0.25, -0.2) is 0 Å². The molecule has 0 unspecified atom stereocenters. The summed E-state index contributed by atoms with van der Waals surface area (Å²) in [7, 11) is 1.62. The summed E-state index contributed by atoms with van der Waals surface area (Å²) >= 11 is 5.90. The maximum Gasteiger partial charge on any atom is 0.120 e. The van der Waals surface area contributed by atoms with Gasteiger partial charge < -0.3 is 9.47 Å². The van der Waals surface area contributed by atoms with E-state index in [4.69, 9.17) is 21.1 Å². The molecule has 0 heterocycles. The number of hydrogen-bond donors (Lipinski definition) is 0. The molecule has 0 radical (unpaired) electrons. The van der Waals surface area contributed by atoms with Crippen molar-refractivity contribution in [1.82, 2.24) is 0 Å². The van der Waals surface area contributed by atoms with E-state index in [1.54, 1.807) is 7.11 Å². The summed E-state index contributed by atoms with van der Waals surface area (Å²) < 4.78 is 11.0. The average Bonchev–Trinajstić information content (AvgIpc) is 2.72. The van der Waals surface area contributed by atoms with E-state index in [-0.39, 0.29) is 0 Å². The van der Waals surface area contributed by atoms with Crippen LogP contribution in [-0.4, -0.2) is 7.11 Å². The minimum atomic E-state index is 0.452. The molecule has 0 bridgehead atoms. The fourth-order valence-corrected chi connectivity index (χ4v) is 2.68. The third-order valence-electron chi connectivity index (χ3n) is 4.01. The Balaban J connectivity index is 1.75. The summed E-state index contributed by atoms with van der Waals surface area (Å²) in [5.74, 6) is 1.50. The Hall–Kier alpha value is -3.22.